The molecular weight excluding hydrogens is 158 g/mol. The molecule has 1 saturated heterocycles. The van der Waals surface area contributed by atoms with Crippen molar-refractivity contribution in [1.29, 1.82) is 0 Å². The molecule has 0 radical (unpaired) electrons. The van der Waals surface area contributed by atoms with E-state index in [2.05, 4.69) is 15.8 Å². The molecule has 0 bridgehead atoms. The zero-order valence-electron chi connectivity index (χ0n) is 6.32. The van der Waals surface area contributed by atoms with Crippen LogP contribution in [0.3, 0.4) is 0 Å². The molecule has 0 aromatic rings. The van der Waals surface area contributed by atoms with Gasteiger partial charge in [0.15, 0.2) is 0 Å². The monoisotopic (exact) mass is 167 g/mol. The summed E-state index contributed by atoms with van der Waals surface area (Å²) in [5, 5.41) is 8.77. The van der Waals surface area contributed by atoms with Crippen molar-refractivity contribution < 1.29 is 9.90 Å². The lowest BCUT2D eigenvalue weighted by Crippen LogP contribution is -2.39. The van der Waals surface area contributed by atoms with Crippen LogP contribution in [0.5, 0.6) is 0 Å². The average molecular weight is 167 g/mol. The summed E-state index contributed by atoms with van der Waals surface area (Å²) in [6.07, 6.45) is 3.48. The maximum absolute atomic E-state index is 10.7. The molecule has 5 nitrogen and oxygen atoms in total. The van der Waals surface area contributed by atoms with Crippen LogP contribution >= 0.6 is 0 Å². The number of nitrogens with one attached hydrogen (secondary N) is 2. The number of aliphatic imine (C=N–C) groups is 1. The van der Waals surface area contributed by atoms with Crippen LogP contribution in [0, 0.1) is 5.92 Å². The number of carboxylic acid groups (broad SMARTS) is 1. The Bertz CT molecular complexity index is 272. The van der Waals surface area contributed by atoms with E-state index < -0.39 is 12.0 Å². The first-order chi connectivity index (χ1) is 5.79. The molecule has 0 spiro atoms. The van der Waals surface area contributed by atoms with Gasteiger partial charge in [-0.05, 0) is 6.08 Å². The summed E-state index contributed by atoms with van der Waals surface area (Å²) in [5.41, 5.74) is 6.44. The number of hydrogen-bond donors (Lipinski definition) is 3. The van der Waals surface area contributed by atoms with E-state index in [9.17, 15) is 4.79 Å². The van der Waals surface area contributed by atoms with Gasteiger partial charge in [0.05, 0.1) is 0 Å². The van der Waals surface area contributed by atoms with E-state index >= 15 is 0 Å². The highest BCUT2D eigenvalue weighted by Crippen LogP contribution is 2.20. The zero-order chi connectivity index (χ0) is 8.55. The van der Waals surface area contributed by atoms with Gasteiger partial charge in [-0.3, -0.25) is 9.79 Å². The summed E-state index contributed by atoms with van der Waals surface area (Å²) in [6, 6.07) is -0.548. The molecule has 1 fully saturated rings. The number of carbonyl (C=O) groups is 1. The lowest BCUT2D eigenvalue weighted by Gasteiger charge is -2.13. The topological polar surface area (TPSA) is 73.7 Å². The van der Waals surface area contributed by atoms with Crippen LogP contribution in [0.1, 0.15) is 0 Å². The Morgan fingerprint density at radius 1 is 1.75 bits per heavy atom. The van der Waals surface area contributed by atoms with E-state index in [1.807, 2.05) is 0 Å². The highest BCUT2D eigenvalue weighted by Gasteiger charge is 2.36. The minimum atomic E-state index is -0.840. The standard InChI is InChI=1S/C7H9N3O2/c11-7(12)6-4-3-8-2-1-5(4)9-10-6/h1-2,4,6,9-10H,3H2,(H,11,12). The van der Waals surface area contributed by atoms with E-state index in [4.69, 9.17) is 5.11 Å². The number of aliphatic carboxylic acids is 1. The molecule has 2 aliphatic heterocycles. The number of nitrogens with zero attached hydrogens (tertiary/aromatic N) is 1. The molecule has 0 saturated carbocycles. The number of dihydropyridines is 1. The normalized spacial score (nSPS) is 32.2. The Balaban J connectivity index is 2.20. The van der Waals surface area contributed by atoms with Crippen LogP contribution in [-0.4, -0.2) is 29.9 Å². The summed E-state index contributed by atoms with van der Waals surface area (Å²) in [7, 11) is 0. The lowest BCUT2D eigenvalue weighted by atomic mass is 9.97. The fourth-order valence-corrected chi connectivity index (χ4v) is 1.44. The second-order valence-electron chi connectivity index (χ2n) is 2.83. The third kappa shape index (κ3) is 0.984. The molecule has 0 aromatic carbocycles. The van der Waals surface area contributed by atoms with Gasteiger partial charge in [0.2, 0.25) is 0 Å². The van der Waals surface area contributed by atoms with Gasteiger partial charge in [-0.15, -0.1) is 0 Å². The second kappa shape index (κ2) is 2.60. The van der Waals surface area contributed by atoms with E-state index in [1.54, 1.807) is 12.3 Å². The summed E-state index contributed by atoms with van der Waals surface area (Å²) < 4.78 is 0. The fourth-order valence-electron chi connectivity index (χ4n) is 1.44. The molecular formula is C7H9N3O2. The van der Waals surface area contributed by atoms with Gasteiger partial charge in [0.1, 0.15) is 6.04 Å². The van der Waals surface area contributed by atoms with Gasteiger partial charge in [0, 0.05) is 24.4 Å². The summed E-state index contributed by atoms with van der Waals surface area (Å²) in [5.74, 6) is -0.875. The molecule has 64 valence electrons. The highest BCUT2D eigenvalue weighted by atomic mass is 16.4. The Labute approximate surface area is 69.1 Å². The van der Waals surface area contributed by atoms with Gasteiger partial charge in [-0.2, -0.15) is 0 Å². The van der Waals surface area contributed by atoms with Crippen molar-refractivity contribution in [3.05, 3.63) is 11.8 Å². The molecule has 12 heavy (non-hydrogen) atoms. The van der Waals surface area contributed by atoms with Crippen LogP contribution in [0.2, 0.25) is 0 Å². The van der Waals surface area contributed by atoms with Crippen LogP contribution in [0.15, 0.2) is 16.8 Å². The smallest absolute Gasteiger partial charge is 0.323 e. The van der Waals surface area contributed by atoms with Crippen molar-refractivity contribution in [3.63, 3.8) is 0 Å². The SMILES string of the molecule is O=C(O)C1NNC2=CC=NCC21. The van der Waals surface area contributed by atoms with Gasteiger partial charge in [0.25, 0.3) is 0 Å². The van der Waals surface area contributed by atoms with Crippen molar-refractivity contribution in [2.45, 2.75) is 6.04 Å². The summed E-state index contributed by atoms with van der Waals surface area (Å²) >= 11 is 0. The minimum Gasteiger partial charge on any atom is -0.480 e. The first-order valence-corrected chi connectivity index (χ1v) is 3.73. The Morgan fingerprint density at radius 2 is 2.58 bits per heavy atom. The quantitative estimate of drug-likeness (QED) is 0.474. The van der Waals surface area contributed by atoms with Gasteiger partial charge in [-0.1, -0.05) is 0 Å². The molecule has 2 atom stereocenters. The van der Waals surface area contributed by atoms with Gasteiger partial charge in [-0.25, -0.2) is 5.43 Å². The number of carboxylic acids is 1. The van der Waals surface area contributed by atoms with Crippen LogP contribution in [-0.2, 0) is 4.79 Å². The van der Waals surface area contributed by atoms with Crippen LogP contribution < -0.4 is 10.9 Å². The summed E-state index contributed by atoms with van der Waals surface area (Å²) in [6.45, 7) is 0.544. The molecule has 5 heteroatoms. The van der Waals surface area contributed by atoms with Crippen LogP contribution in [0.4, 0.5) is 0 Å². The third-order valence-electron chi connectivity index (χ3n) is 2.10. The fraction of sp³-hybridized carbons (Fsp3) is 0.429. The molecule has 2 aliphatic rings. The number of fused-ring (bicyclic) bond motifs is 1. The Morgan fingerprint density at radius 3 is 3.33 bits per heavy atom. The van der Waals surface area contributed by atoms with Crippen molar-refractivity contribution in [1.82, 2.24) is 10.9 Å². The van der Waals surface area contributed by atoms with Crippen molar-refractivity contribution in [2.24, 2.45) is 10.9 Å². The van der Waals surface area contributed by atoms with Crippen molar-refractivity contribution in [2.75, 3.05) is 6.54 Å². The maximum Gasteiger partial charge on any atom is 0.323 e. The Hall–Kier alpha value is -1.36. The zero-order valence-corrected chi connectivity index (χ0v) is 6.32. The predicted octanol–water partition coefficient (Wildman–Crippen LogP) is -0.868. The first-order valence-electron chi connectivity index (χ1n) is 3.73. The summed E-state index contributed by atoms with van der Waals surface area (Å²) in [4.78, 5) is 14.7. The first kappa shape index (κ1) is 7.30. The molecule has 0 amide bonds. The van der Waals surface area contributed by atoms with Crippen LogP contribution in [0.25, 0.3) is 0 Å². The molecule has 2 unspecified atom stereocenters. The van der Waals surface area contributed by atoms with E-state index in [0.717, 1.165) is 5.70 Å². The van der Waals surface area contributed by atoms with Crippen molar-refractivity contribution in [3.8, 4) is 0 Å². The number of hydrazine groups is 1. The predicted molar refractivity (Wildman–Crippen MR) is 42.6 cm³/mol. The van der Waals surface area contributed by atoms with E-state index in [1.165, 1.54) is 0 Å². The van der Waals surface area contributed by atoms with E-state index in [0.29, 0.717) is 6.54 Å². The minimum absolute atomic E-state index is 0.0347. The van der Waals surface area contributed by atoms with E-state index in [-0.39, 0.29) is 5.92 Å². The largest absolute Gasteiger partial charge is 0.480 e. The van der Waals surface area contributed by atoms with Crippen molar-refractivity contribution >= 4 is 12.2 Å². The maximum atomic E-state index is 10.7. The second-order valence-corrected chi connectivity index (χ2v) is 2.83. The third-order valence-corrected chi connectivity index (χ3v) is 2.10. The molecule has 0 aliphatic carbocycles. The van der Waals surface area contributed by atoms with Gasteiger partial charge >= 0.3 is 5.97 Å². The Kier molecular flexibility index (Phi) is 1.58. The highest BCUT2D eigenvalue weighted by molar-refractivity contribution is 5.78. The lowest BCUT2D eigenvalue weighted by molar-refractivity contribution is -0.140. The van der Waals surface area contributed by atoms with Gasteiger partial charge < -0.3 is 10.5 Å². The molecule has 0 aromatic heterocycles. The molecule has 2 rings (SSSR count). The number of rotatable bonds is 1. The molecule has 2 heterocycles. The number of allylic oxidation sites excluding steroid dienone is 1. The number of hydrogen-bond acceptors (Lipinski definition) is 4. The molecule has 3 N–H and O–H groups in total. The average Bonchev–Trinajstić information content (AvgIpc) is 2.47.